The van der Waals surface area contributed by atoms with Crippen LogP contribution in [0.3, 0.4) is 0 Å². The first kappa shape index (κ1) is 7.97. The maximum Gasteiger partial charge on any atom is 0.334 e. The summed E-state index contributed by atoms with van der Waals surface area (Å²) in [4.78, 5) is 14.7. The van der Waals surface area contributed by atoms with E-state index in [1.807, 2.05) is 6.92 Å². The van der Waals surface area contributed by atoms with Crippen LogP contribution in [-0.2, 0) is 16.1 Å². The van der Waals surface area contributed by atoms with Crippen LogP contribution in [-0.4, -0.2) is 28.2 Å². The fraction of sp³-hybridized carbons (Fsp3) is 0.375. The lowest BCUT2D eigenvalue weighted by molar-refractivity contribution is -0.132. The average molecular weight is 179 g/mol. The Morgan fingerprint density at radius 2 is 2.54 bits per heavy atom. The standard InChI is InChI=1S/C8H9N3O2/c1-2-11-6(3-4-10-11)8-9-5-7(12)13-8/h3-4H,2,5H2,1H3. The summed E-state index contributed by atoms with van der Waals surface area (Å²) in [5, 5.41) is 4.05. The van der Waals surface area contributed by atoms with Crippen molar-refractivity contribution in [1.82, 2.24) is 9.78 Å². The normalized spacial score (nSPS) is 15.8. The SMILES string of the molecule is CCn1nccc1C1=NCC(=O)O1. The summed E-state index contributed by atoms with van der Waals surface area (Å²) in [6.07, 6.45) is 1.66. The Labute approximate surface area is 75.0 Å². The van der Waals surface area contributed by atoms with Crippen molar-refractivity contribution in [2.75, 3.05) is 6.54 Å². The van der Waals surface area contributed by atoms with E-state index in [9.17, 15) is 4.79 Å². The van der Waals surface area contributed by atoms with Crippen LogP contribution in [0.2, 0.25) is 0 Å². The fourth-order valence-electron chi connectivity index (χ4n) is 1.21. The highest BCUT2D eigenvalue weighted by molar-refractivity contribution is 6.03. The number of cyclic esters (lactones) is 1. The number of rotatable bonds is 2. The molecule has 1 aromatic heterocycles. The molecule has 0 saturated heterocycles. The van der Waals surface area contributed by atoms with Crippen LogP contribution in [0.1, 0.15) is 12.6 Å². The van der Waals surface area contributed by atoms with Gasteiger partial charge < -0.3 is 4.74 Å². The van der Waals surface area contributed by atoms with E-state index in [0.717, 1.165) is 12.2 Å². The molecule has 5 nitrogen and oxygen atoms in total. The van der Waals surface area contributed by atoms with Crippen LogP contribution in [0.15, 0.2) is 17.3 Å². The number of ether oxygens (including phenoxy) is 1. The highest BCUT2D eigenvalue weighted by Gasteiger charge is 2.20. The van der Waals surface area contributed by atoms with Gasteiger partial charge in [-0.25, -0.2) is 9.79 Å². The minimum atomic E-state index is -0.307. The summed E-state index contributed by atoms with van der Waals surface area (Å²) in [6, 6.07) is 1.78. The van der Waals surface area contributed by atoms with Crippen molar-refractivity contribution < 1.29 is 9.53 Å². The summed E-state index contributed by atoms with van der Waals surface area (Å²) in [5.74, 6) is 0.0724. The van der Waals surface area contributed by atoms with E-state index in [0.29, 0.717) is 5.90 Å². The van der Waals surface area contributed by atoms with Gasteiger partial charge in [0, 0.05) is 12.7 Å². The lowest BCUT2D eigenvalue weighted by Gasteiger charge is -2.02. The molecule has 13 heavy (non-hydrogen) atoms. The maximum absolute atomic E-state index is 10.8. The monoisotopic (exact) mass is 179 g/mol. The molecule has 1 aromatic rings. The van der Waals surface area contributed by atoms with E-state index >= 15 is 0 Å². The third-order valence-corrected chi connectivity index (χ3v) is 1.80. The summed E-state index contributed by atoms with van der Waals surface area (Å²) >= 11 is 0. The first-order chi connectivity index (χ1) is 6.31. The molecule has 1 aliphatic rings. The van der Waals surface area contributed by atoms with Crippen LogP contribution in [0.5, 0.6) is 0 Å². The van der Waals surface area contributed by atoms with Gasteiger partial charge in [0.2, 0.25) is 5.90 Å². The number of nitrogens with zero attached hydrogens (tertiary/aromatic N) is 3. The van der Waals surface area contributed by atoms with Gasteiger partial charge in [-0.2, -0.15) is 5.10 Å². The Kier molecular flexibility index (Phi) is 1.84. The number of esters is 1. The zero-order valence-electron chi connectivity index (χ0n) is 7.23. The van der Waals surface area contributed by atoms with Gasteiger partial charge in [0.15, 0.2) is 0 Å². The number of aliphatic imine (C=N–C) groups is 1. The Morgan fingerprint density at radius 1 is 1.69 bits per heavy atom. The van der Waals surface area contributed by atoms with Crippen molar-refractivity contribution in [3.63, 3.8) is 0 Å². The number of aromatic nitrogens is 2. The van der Waals surface area contributed by atoms with Gasteiger partial charge in [0.25, 0.3) is 0 Å². The van der Waals surface area contributed by atoms with Gasteiger partial charge in [-0.05, 0) is 13.0 Å². The third kappa shape index (κ3) is 1.32. The van der Waals surface area contributed by atoms with Gasteiger partial charge in [-0.3, -0.25) is 4.68 Å². The number of carbonyl (C=O) groups is 1. The molecular formula is C8H9N3O2. The zero-order valence-corrected chi connectivity index (χ0v) is 7.23. The van der Waals surface area contributed by atoms with Gasteiger partial charge in [-0.15, -0.1) is 0 Å². The van der Waals surface area contributed by atoms with Crippen molar-refractivity contribution in [1.29, 1.82) is 0 Å². The molecule has 0 radical (unpaired) electrons. The molecule has 5 heteroatoms. The molecule has 0 fully saturated rings. The number of carbonyl (C=O) groups excluding carboxylic acids is 1. The molecule has 0 saturated carbocycles. The highest BCUT2D eigenvalue weighted by atomic mass is 16.6. The minimum absolute atomic E-state index is 0.115. The molecule has 0 bridgehead atoms. The number of hydrogen-bond donors (Lipinski definition) is 0. The van der Waals surface area contributed by atoms with Crippen molar-refractivity contribution in [2.24, 2.45) is 4.99 Å². The maximum atomic E-state index is 10.8. The number of hydrogen-bond acceptors (Lipinski definition) is 4. The van der Waals surface area contributed by atoms with E-state index in [-0.39, 0.29) is 12.5 Å². The first-order valence-electron chi connectivity index (χ1n) is 4.08. The number of aryl methyl sites for hydroxylation is 1. The van der Waals surface area contributed by atoms with Crippen molar-refractivity contribution in [3.05, 3.63) is 18.0 Å². The Balaban J connectivity index is 2.30. The molecule has 1 aliphatic heterocycles. The predicted octanol–water partition coefficient (Wildman–Crippen LogP) is 0.206. The van der Waals surface area contributed by atoms with E-state index in [2.05, 4.69) is 10.1 Å². The second kappa shape index (κ2) is 3.01. The third-order valence-electron chi connectivity index (χ3n) is 1.80. The molecule has 68 valence electrons. The Morgan fingerprint density at radius 3 is 3.15 bits per heavy atom. The van der Waals surface area contributed by atoms with E-state index < -0.39 is 0 Å². The van der Waals surface area contributed by atoms with Gasteiger partial charge in [0.05, 0.1) is 0 Å². The summed E-state index contributed by atoms with van der Waals surface area (Å²) in [5.41, 5.74) is 0.758. The second-order valence-electron chi connectivity index (χ2n) is 2.63. The molecule has 0 aromatic carbocycles. The lowest BCUT2D eigenvalue weighted by atomic mass is 10.4. The Bertz CT molecular complexity index is 367. The van der Waals surface area contributed by atoms with Crippen molar-refractivity contribution >= 4 is 11.9 Å². The minimum Gasteiger partial charge on any atom is -0.404 e. The molecule has 0 atom stereocenters. The molecule has 0 unspecified atom stereocenters. The Hall–Kier alpha value is -1.65. The summed E-state index contributed by atoms with van der Waals surface area (Å²) in [6.45, 7) is 2.82. The van der Waals surface area contributed by atoms with E-state index in [1.54, 1.807) is 16.9 Å². The summed E-state index contributed by atoms with van der Waals surface area (Å²) < 4.78 is 6.63. The molecule has 2 rings (SSSR count). The molecule has 0 N–H and O–H groups in total. The average Bonchev–Trinajstić information content (AvgIpc) is 2.71. The molecule has 2 heterocycles. The van der Waals surface area contributed by atoms with Gasteiger partial charge in [-0.1, -0.05) is 0 Å². The zero-order chi connectivity index (χ0) is 9.26. The lowest BCUT2D eigenvalue weighted by Crippen LogP contribution is -2.12. The van der Waals surface area contributed by atoms with Crippen LogP contribution < -0.4 is 0 Å². The highest BCUT2D eigenvalue weighted by Crippen LogP contribution is 2.07. The molecule has 0 spiro atoms. The van der Waals surface area contributed by atoms with Gasteiger partial charge in [0.1, 0.15) is 12.2 Å². The van der Waals surface area contributed by atoms with Crippen LogP contribution in [0.4, 0.5) is 0 Å². The largest absolute Gasteiger partial charge is 0.404 e. The topological polar surface area (TPSA) is 56.5 Å². The molecular weight excluding hydrogens is 170 g/mol. The van der Waals surface area contributed by atoms with E-state index in [1.165, 1.54) is 0 Å². The molecule has 0 amide bonds. The predicted molar refractivity (Wildman–Crippen MR) is 45.4 cm³/mol. The first-order valence-corrected chi connectivity index (χ1v) is 4.08. The quantitative estimate of drug-likeness (QED) is 0.609. The van der Waals surface area contributed by atoms with Crippen molar-refractivity contribution in [3.8, 4) is 0 Å². The van der Waals surface area contributed by atoms with Gasteiger partial charge >= 0.3 is 5.97 Å². The smallest absolute Gasteiger partial charge is 0.334 e. The van der Waals surface area contributed by atoms with Crippen LogP contribution in [0.25, 0.3) is 0 Å². The van der Waals surface area contributed by atoms with Crippen molar-refractivity contribution in [2.45, 2.75) is 13.5 Å². The second-order valence-corrected chi connectivity index (χ2v) is 2.63. The summed E-state index contributed by atoms with van der Waals surface area (Å²) in [7, 11) is 0. The molecule has 0 aliphatic carbocycles. The van der Waals surface area contributed by atoms with E-state index in [4.69, 9.17) is 4.74 Å². The fourth-order valence-corrected chi connectivity index (χ4v) is 1.21. The van der Waals surface area contributed by atoms with Crippen LogP contribution in [0, 0.1) is 0 Å². The van der Waals surface area contributed by atoms with Crippen LogP contribution >= 0.6 is 0 Å².